The van der Waals surface area contributed by atoms with E-state index in [-0.39, 0.29) is 12.6 Å². The number of benzene rings is 2. The second-order valence-electron chi connectivity index (χ2n) is 4.39. The smallest absolute Gasteiger partial charge is 0.231 e. The van der Waals surface area contributed by atoms with Crippen molar-refractivity contribution in [3.8, 4) is 23.0 Å². The minimum Gasteiger partial charge on any atom is -0.456 e. The molecule has 3 rings (SSSR count). The summed E-state index contributed by atoms with van der Waals surface area (Å²) in [7, 11) is 0. The van der Waals surface area contributed by atoms with Gasteiger partial charge in [-0.25, -0.2) is 0 Å². The van der Waals surface area contributed by atoms with Gasteiger partial charge in [0.05, 0.1) is 5.56 Å². The van der Waals surface area contributed by atoms with Gasteiger partial charge in [-0.2, -0.15) is 0 Å². The number of ketones is 1. The second kappa shape index (κ2) is 5.25. The van der Waals surface area contributed by atoms with Crippen molar-refractivity contribution in [3.05, 3.63) is 48.0 Å². The van der Waals surface area contributed by atoms with E-state index in [0.29, 0.717) is 35.0 Å². The van der Waals surface area contributed by atoms with Crippen molar-refractivity contribution in [2.45, 2.75) is 13.3 Å². The molecule has 4 nitrogen and oxygen atoms in total. The quantitative estimate of drug-likeness (QED) is 0.793. The van der Waals surface area contributed by atoms with Gasteiger partial charge in [-0.05, 0) is 24.3 Å². The van der Waals surface area contributed by atoms with Gasteiger partial charge in [0.2, 0.25) is 6.79 Å². The first-order valence-corrected chi connectivity index (χ1v) is 6.47. The number of Topliss-reactive ketones (excluding diaryl/α,β-unsaturated/α-hetero) is 1. The van der Waals surface area contributed by atoms with Crippen molar-refractivity contribution >= 4 is 5.78 Å². The summed E-state index contributed by atoms with van der Waals surface area (Å²) in [4.78, 5) is 11.9. The molecule has 0 bridgehead atoms. The van der Waals surface area contributed by atoms with Gasteiger partial charge in [-0.1, -0.05) is 19.1 Å². The topological polar surface area (TPSA) is 44.8 Å². The molecule has 1 aliphatic rings. The van der Waals surface area contributed by atoms with Crippen LogP contribution in [0.2, 0.25) is 0 Å². The summed E-state index contributed by atoms with van der Waals surface area (Å²) in [6, 6.07) is 12.6. The zero-order valence-corrected chi connectivity index (χ0v) is 11.1. The number of carbonyl (C=O) groups is 1. The molecule has 1 heterocycles. The number of carbonyl (C=O) groups excluding carboxylic acids is 1. The van der Waals surface area contributed by atoms with Crippen LogP contribution in [0.4, 0.5) is 0 Å². The van der Waals surface area contributed by atoms with Crippen LogP contribution in [0.15, 0.2) is 42.5 Å². The fourth-order valence-electron chi connectivity index (χ4n) is 2.04. The lowest BCUT2D eigenvalue weighted by molar-refractivity contribution is 0.0986. The Morgan fingerprint density at radius 2 is 1.95 bits per heavy atom. The van der Waals surface area contributed by atoms with E-state index >= 15 is 0 Å². The Morgan fingerprint density at radius 3 is 2.80 bits per heavy atom. The van der Waals surface area contributed by atoms with E-state index in [1.165, 1.54) is 0 Å². The third kappa shape index (κ3) is 2.32. The maximum atomic E-state index is 11.9. The fourth-order valence-corrected chi connectivity index (χ4v) is 2.04. The van der Waals surface area contributed by atoms with Gasteiger partial charge in [-0.15, -0.1) is 0 Å². The van der Waals surface area contributed by atoms with Gasteiger partial charge in [0.1, 0.15) is 11.5 Å². The largest absolute Gasteiger partial charge is 0.456 e. The van der Waals surface area contributed by atoms with Crippen LogP contribution in [0, 0.1) is 0 Å². The number of ether oxygens (including phenoxy) is 3. The molecule has 2 aromatic carbocycles. The van der Waals surface area contributed by atoms with Crippen LogP contribution < -0.4 is 14.2 Å². The molecule has 0 aromatic heterocycles. The van der Waals surface area contributed by atoms with E-state index in [9.17, 15) is 4.79 Å². The Bertz CT molecular complexity index is 649. The highest BCUT2D eigenvalue weighted by molar-refractivity contribution is 5.98. The van der Waals surface area contributed by atoms with E-state index in [4.69, 9.17) is 14.2 Å². The molecular weight excluding hydrogens is 256 g/mol. The summed E-state index contributed by atoms with van der Waals surface area (Å²) in [6.45, 7) is 2.06. The molecule has 0 saturated heterocycles. The SMILES string of the molecule is CCC(=O)c1ccccc1Oc1ccc2c(c1)OCO2. The van der Waals surface area contributed by atoms with Crippen LogP contribution in [0.3, 0.4) is 0 Å². The van der Waals surface area contributed by atoms with E-state index in [1.807, 2.05) is 19.1 Å². The number of hydrogen-bond donors (Lipinski definition) is 0. The highest BCUT2D eigenvalue weighted by atomic mass is 16.7. The number of para-hydroxylation sites is 1. The highest BCUT2D eigenvalue weighted by Crippen LogP contribution is 2.37. The van der Waals surface area contributed by atoms with Crippen molar-refractivity contribution in [3.63, 3.8) is 0 Å². The zero-order chi connectivity index (χ0) is 13.9. The minimum absolute atomic E-state index is 0.0568. The number of fused-ring (bicyclic) bond motifs is 1. The first-order chi connectivity index (χ1) is 9.78. The summed E-state index contributed by atoms with van der Waals surface area (Å²) in [5, 5.41) is 0. The Labute approximate surface area is 116 Å². The van der Waals surface area contributed by atoms with E-state index in [1.54, 1.807) is 30.3 Å². The zero-order valence-electron chi connectivity index (χ0n) is 11.1. The monoisotopic (exact) mass is 270 g/mol. The first-order valence-electron chi connectivity index (χ1n) is 6.47. The van der Waals surface area contributed by atoms with Crippen LogP contribution in [0.25, 0.3) is 0 Å². The normalized spacial score (nSPS) is 12.2. The molecule has 0 spiro atoms. The molecule has 1 aliphatic heterocycles. The fraction of sp³-hybridized carbons (Fsp3) is 0.188. The van der Waals surface area contributed by atoms with Crippen molar-refractivity contribution in [1.29, 1.82) is 0 Å². The Morgan fingerprint density at radius 1 is 1.15 bits per heavy atom. The molecule has 0 saturated carbocycles. The molecular formula is C16H14O4. The third-order valence-electron chi connectivity index (χ3n) is 3.08. The van der Waals surface area contributed by atoms with Crippen LogP contribution in [0.5, 0.6) is 23.0 Å². The Kier molecular flexibility index (Phi) is 3.29. The summed E-state index contributed by atoms with van der Waals surface area (Å²) < 4.78 is 16.4. The van der Waals surface area contributed by atoms with Gasteiger partial charge >= 0.3 is 0 Å². The molecule has 20 heavy (non-hydrogen) atoms. The van der Waals surface area contributed by atoms with Gasteiger partial charge in [0, 0.05) is 12.5 Å². The Hall–Kier alpha value is -2.49. The van der Waals surface area contributed by atoms with Gasteiger partial charge < -0.3 is 14.2 Å². The molecule has 4 heteroatoms. The summed E-state index contributed by atoms with van der Waals surface area (Å²) >= 11 is 0. The number of hydrogen-bond acceptors (Lipinski definition) is 4. The lowest BCUT2D eigenvalue weighted by atomic mass is 10.1. The number of rotatable bonds is 4. The van der Waals surface area contributed by atoms with Crippen molar-refractivity contribution in [1.82, 2.24) is 0 Å². The van der Waals surface area contributed by atoms with Gasteiger partial charge in [0.25, 0.3) is 0 Å². The third-order valence-corrected chi connectivity index (χ3v) is 3.08. The maximum Gasteiger partial charge on any atom is 0.231 e. The molecule has 0 N–H and O–H groups in total. The van der Waals surface area contributed by atoms with Gasteiger partial charge in [0.15, 0.2) is 17.3 Å². The first kappa shape index (κ1) is 12.5. The summed E-state index contributed by atoms with van der Waals surface area (Å²) in [6.07, 6.45) is 0.446. The van der Waals surface area contributed by atoms with Crippen LogP contribution in [-0.2, 0) is 0 Å². The van der Waals surface area contributed by atoms with E-state index in [2.05, 4.69) is 0 Å². The van der Waals surface area contributed by atoms with Crippen LogP contribution >= 0.6 is 0 Å². The summed E-state index contributed by atoms with van der Waals surface area (Å²) in [5.41, 5.74) is 0.590. The minimum atomic E-state index is 0.0568. The average molecular weight is 270 g/mol. The lowest BCUT2D eigenvalue weighted by Gasteiger charge is -2.10. The van der Waals surface area contributed by atoms with E-state index < -0.39 is 0 Å². The molecule has 0 aliphatic carbocycles. The standard InChI is InChI=1S/C16H14O4/c1-2-13(17)12-5-3-4-6-14(12)20-11-7-8-15-16(9-11)19-10-18-15/h3-9H,2,10H2,1H3. The molecule has 0 atom stereocenters. The van der Waals surface area contributed by atoms with Crippen molar-refractivity contribution in [2.24, 2.45) is 0 Å². The second-order valence-corrected chi connectivity index (χ2v) is 4.39. The highest BCUT2D eigenvalue weighted by Gasteiger charge is 2.15. The molecule has 102 valence electrons. The van der Waals surface area contributed by atoms with Crippen molar-refractivity contribution < 1.29 is 19.0 Å². The molecule has 0 radical (unpaired) electrons. The maximum absolute atomic E-state index is 11.9. The van der Waals surface area contributed by atoms with Crippen molar-refractivity contribution in [2.75, 3.05) is 6.79 Å². The predicted molar refractivity (Wildman–Crippen MR) is 73.7 cm³/mol. The predicted octanol–water partition coefficient (Wildman–Crippen LogP) is 3.80. The Balaban J connectivity index is 1.90. The molecule has 0 unspecified atom stereocenters. The van der Waals surface area contributed by atoms with Gasteiger partial charge in [-0.3, -0.25) is 4.79 Å². The van der Waals surface area contributed by atoms with Crippen LogP contribution in [-0.4, -0.2) is 12.6 Å². The molecule has 2 aromatic rings. The molecule has 0 fully saturated rings. The van der Waals surface area contributed by atoms with E-state index in [0.717, 1.165) is 0 Å². The summed E-state index contributed by atoms with van der Waals surface area (Å²) in [5.74, 6) is 2.59. The average Bonchev–Trinajstić information content (AvgIpc) is 2.94. The molecule has 0 amide bonds. The lowest BCUT2D eigenvalue weighted by Crippen LogP contribution is -1.99. The van der Waals surface area contributed by atoms with Crippen LogP contribution in [0.1, 0.15) is 23.7 Å².